The first-order valence-electron chi connectivity index (χ1n) is 9.67. The number of ether oxygens (including phenoxy) is 1. The number of halogens is 1. The topological polar surface area (TPSA) is 73.5 Å². The van der Waals surface area contributed by atoms with Gasteiger partial charge in [-0.15, -0.1) is 0 Å². The van der Waals surface area contributed by atoms with Gasteiger partial charge in [0, 0.05) is 36.6 Å². The molecule has 2 unspecified atom stereocenters. The van der Waals surface area contributed by atoms with Gasteiger partial charge in [-0.05, 0) is 36.2 Å². The number of aryl methyl sites for hydroxylation is 1. The third kappa shape index (κ3) is 3.54. The molecule has 0 saturated heterocycles. The van der Waals surface area contributed by atoms with Crippen molar-refractivity contribution in [2.45, 2.75) is 25.3 Å². The monoisotopic (exact) mass is 405 g/mol. The van der Waals surface area contributed by atoms with Gasteiger partial charge in [0.25, 0.3) is 6.47 Å². The van der Waals surface area contributed by atoms with Crippen LogP contribution in [0.5, 0.6) is 0 Å². The van der Waals surface area contributed by atoms with Crippen LogP contribution in [0.1, 0.15) is 46.1 Å². The number of aliphatic imine (C=N–C) groups is 1. The maximum atomic E-state index is 13.6. The maximum Gasteiger partial charge on any atom is 0.293 e. The standard InChI is InChI=1S/C23H20FN3O3/c1-2-27-11-10-25-23(27)18-12-26-20-5-3-4-17(21(20)22(18)29)19(13-30-14-28)15-6-8-16(24)9-7-15/h3-12,14,18-19H,2,13H2,1H3. The predicted octanol–water partition coefficient (Wildman–Crippen LogP) is 4.03. The molecule has 2 aromatic carbocycles. The highest BCUT2D eigenvalue weighted by molar-refractivity contribution is 6.16. The van der Waals surface area contributed by atoms with Crippen molar-refractivity contribution in [2.75, 3.05) is 6.61 Å². The largest absolute Gasteiger partial charge is 0.467 e. The number of hydrogen-bond acceptors (Lipinski definition) is 5. The summed E-state index contributed by atoms with van der Waals surface area (Å²) in [6.45, 7) is 3.06. The number of nitrogens with zero attached hydrogens (tertiary/aromatic N) is 3. The molecular weight excluding hydrogens is 385 g/mol. The van der Waals surface area contributed by atoms with Gasteiger partial charge in [0.1, 0.15) is 24.2 Å². The second-order valence-corrected chi connectivity index (χ2v) is 6.97. The van der Waals surface area contributed by atoms with Crippen LogP contribution in [0.2, 0.25) is 0 Å². The van der Waals surface area contributed by atoms with Crippen LogP contribution in [0, 0.1) is 5.82 Å². The van der Waals surface area contributed by atoms with Crippen LogP contribution >= 0.6 is 0 Å². The fraction of sp³-hybridized carbons (Fsp3) is 0.217. The molecule has 0 saturated carbocycles. The zero-order chi connectivity index (χ0) is 21.1. The molecule has 0 bridgehead atoms. The first-order valence-corrected chi connectivity index (χ1v) is 9.67. The Balaban J connectivity index is 1.81. The van der Waals surface area contributed by atoms with Crippen molar-refractivity contribution in [3.63, 3.8) is 0 Å². The maximum absolute atomic E-state index is 13.6. The van der Waals surface area contributed by atoms with Crippen LogP contribution < -0.4 is 0 Å². The van der Waals surface area contributed by atoms with E-state index >= 15 is 0 Å². The lowest BCUT2D eigenvalue weighted by Crippen LogP contribution is -2.24. The number of carbonyl (C=O) groups is 2. The molecule has 0 fully saturated rings. The molecule has 0 aliphatic carbocycles. The summed E-state index contributed by atoms with van der Waals surface area (Å²) in [7, 11) is 0. The Labute approximate surface area is 173 Å². The Morgan fingerprint density at radius 1 is 1.23 bits per heavy atom. The van der Waals surface area contributed by atoms with Gasteiger partial charge in [-0.25, -0.2) is 9.37 Å². The van der Waals surface area contributed by atoms with Gasteiger partial charge in [-0.2, -0.15) is 0 Å². The van der Waals surface area contributed by atoms with Crippen LogP contribution in [-0.2, 0) is 16.1 Å². The minimum absolute atomic E-state index is 0.0246. The Morgan fingerprint density at radius 3 is 2.77 bits per heavy atom. The highest BCUT2D eigenvalue weighted by Crippen LogP contribution is 2.38. The first-order chi connectivity index (χ1) is 14.6. The van der Waals surface area contributed by atoms with E-state index in [1.165, 1.54) is 12.1 Å². The Morgan fingerprint density at radius 2 is 2.03 bits per heavy atom. The summed E-state index contributed by atoms with van der Waals surface area (Å²) in [6, 6.07) is 11.4. The van der Waals surface area contributed by atoms with E-state index in [1.54, 1.807) is 30.6 Å². The van der Waals surface area contributed by atoms with Crippen molar-refractivity contribution in [2.24, 2.45) is 4.99 Å². The lowest BCUT2D eigenvalue weighted by molar-refractivity contribution is -0.128. The molecule has 0 radical (unpaired) electrons. The van der Waals surface area contributed by atoms with Crippen LogP contribution in [-0.4, -0.2) is 34.6 Å². The van der Waals surface area contributed by atoms with E-state index in [0.29, 0.717) is 35.7 Å². The zero-order valence-corrected chi connectivity index (χ0v) is 16.4. The Hall–Kier alpha value is -3.61. The summed E-state index contributed by atoms with van der Waals surface area (Å²) < 4.78 is 20.4. The summed E-state index contributed by atoms with van der Waals surface area (Å²) >= 11 is 0. The van der Waals surface area contributed by atoms with Crippen molar-refractivity contribution in [1.82, 2.24) is 9.55 Å². The minimum Gasteiger partial charge on any atom is -0.467 e. The third-order valence-electron chi connectivity index (χ3n) is 5.31. The fourth-order valence-corrected chi connectivity index (χ4v) is 3.85. The molecule has 152 valence electrons. The molecule has 6 nitrogen and oxygen atoms in total. The summed E-state index contributed by atoms with van der Waals surface area (Å²) in [5, 5.41) is 0. The molecule has 1 aliphatic rings. The summed E-state index contributed by atoms with van der Waals surface area (Å²) in [5.41, 5.74) is 2.45. The number of rotatable bonds is 7. The lowest BCUT2D eigenvalue weighted by Gasteiger charge is -2.24. The third-order valence-corrected chi connectivity index (χ3v) is 5.31. The van der Waals surface area contributed by atoms with E-state index in [-0.39, 0.29) is 18.2 Å². The van der Waals surface area contributed by atoms with E-state index < -0.39 is 11.8 Å². The molecule has 1 aliphatic heterocycles. The van der Waals surface area contributed by atoms with Crippen LogP contribution in [0.3, 0.4) is 0 Å². The Kier molecular flexibility index (Phi) is 5.52. The Bertz CT molecular complexity index is 1110. The summed E-state index contributed by atoms with van der Waals surface area (Å²) in [6.07, 6.45) is 5.12. The summed E-state index contributed by atoms with van der Waals surface area (Å²) in [5.74, 6) is -0.885. The van der Waals surface area contributed by atoms with E-state index in [9.17, 15) is 14.0 Å². The molecule has 2 atom stereocenters. The highest BCUT2D eigenvalue weighted by Gasteiger charge is 2.33. The number of hydrogen-bond donors (Lipinski definition) is 0. The second kappa shape index (κ2) is 8.41. The van der Waals surface area contributed by atoms with Gasteiger partial charge in [-0.1, -0.05) is 24.3 Å². The van der Waals surface area contributed by atoms with Gasteiger partial charge in [-0.3, -0.25) is 14.6 Å². The van der Waals surface area contributed by atoms with Gasteiger partial charge < -0.3 is 9.30 Å². The molecule has 2 heterocycles. The smallest absolute Gasteiger partial charge is 0.293 e. The fourth-order valence-electron chi connectivity index (χ4n) is 3.85. The predicted molar refractivity (Wildman–Crippen MR) is 110 cm³/mol. The summed E-state index contributed by atoms with van der Waals surface area (Å²) in [4.78, 5) is 33.3. The van der Waals surface area contributed by atoms with E-state index in [1.807, 2.05) is 29.8 Å². The molecule has 0 amide bonds. The number of fused-ring (bicyclic) bond motifs is 1. The molecule has 1 aromatic heterocycles. The van der Waals surface area contributed by atoms with Gasteiger partial charge in [0.05, 0.1) is 5.69 Å². The normalized spacial score (nSPS) is 16.2. The quantitative estimate of drug-likeness (QED) is 0.557. The molecule has 0 spiro atoms. The van der Waals surface area contributed by atoms with Crippen molar-refractivity contribution >= 4 is 24.2 Å². The molecule has 3 aromatic rings. The van der Waals surface area contributed by atoms with Crippen molar-refractivity contribution in [3.05, 3.63) is 83.2 Å². The number of aromatic nitrogens is 2. The number of Topliss-reactive ketones (excluding diaryl/α,β-unsaturated/α-hetero) is 1. The van der Waals surface area contributed by atoms with Crippen molar-refractivity contribution in [3.8, 4) is 0 Å². The van der Waals surface area contributed by atoms with Crippen LogP contribution in [0.4, 0.5) is 10.1 Å². The second-order valence-electron chi connectivity index (χ2n) is 6.97. The highest BCUT2D eigenvalue weighted by atomic mass is 19.1. The molecule has 7 heteroatoms. The van der Waals surface area contributed by atoms with Gasteiger partial charge in [0.2, 0.25) is 0 Å². The van der Waals surface area contributed by atoms with E-state index in [2.05, 4.69) is 9.98 Å². The van der Waals surface area contributed by atoms with E-state index in [4.69, 9.17) is 4.74 Å². The van der Waals surface area contributed by atoms with Crippen molar-refractivity contribution in [1.29, 1.82) is 0 Å². The molecule has 4 rings (SSSR count). The van der Waals surface area contributed by atoms with Gasteiger partial charge in [0.15, 0.2) is 5.78 Å². The number of benzene rings is 2. The van der Waals surface area contributed by atoms with Crippen LogP contribution in [0.25, 0.3) is 0 Å². The molecule has 0 N–H and O–H groups in total. The average molecular weight is 405 g/mol. The first kappa shape index (κ1) is 19.7. The van der Waals surface area contributed by atoms with Crippen LogP contribution in [0.15, 0.2) is 59.9 Å². The molecule has 30 heavy (non-hydrogen) atoms. The molecular formula is C23H20FN3O3. The van der Waals surface area contributed by atoms with Crippen molar-refractivity contribution < 1.29 is 18.7 Å². The minimum atomic E-state index is -0.602. The number of carbonyl (C=O) groups excluding carboxylic acids is 2. The van der Waals surface area contributed by atoms with E-state index in [0.717, 1.165) is 5.56 Å². The zero-order valence-electron chi connectivity index (χ0n) is 16.4. The average Bonchev–Trinajstić information content (AvgIpc) is 3.24. The number of imidazole rings is 1. The lowest BCUT2D eigenvalue weighted by atomic mass is 9.83. The van der Waals surface area contributed by atoms with Gasteiger partial charge >= 0.3 is 0 Å². The SMILES string of the molecule is CCn1ccnc1C1C=Nc2cccc(C(COC=O)c3ccc(F)cc3)c2C1=O. The number of ketones is 1.